The molecule has 1 N–H and O–H groups in total. The zero-order valence-electron chi connectivity index (χ0n) is 13.7. The van der Waals surface area contributed by atoms with Crippen LogP contribution in [0.4, 0.5) is 5.69 Å². The third-order valence-electron chi connectivity index (χ3n) is 4.16. The lowest BCUT2D eigenvalue weighted by Crippen LogP contribution is -2.43. The van der Waals surface area contributed by atoms with Crippen LogP contribution in [-0.4, -0.2) is 37.1 Å². The summed E-state index contributed by atoms with van der Waals surface area (Å²) in [5.74, 6) is -0.0388. The maximum Gasteiger partial charge on any atom is 0.246 e. The van der Waals surface area contributed by atoms with Gasteiger partial charge < -0.3 is 10.1 Å². The Balaban J connectivity index is 1.83. The van der Waals surface area contributed by atoms with Crippen molar-refractivity contribution in [2.45, 2.75) is 13.0 Å². The highest BCUT2D eigenvalue weighted by molar-refractivity contribution is 6.30. The van der Waals surface area contributed by atoms with Gasteiger partial charge in [0, 0.05) is 23.8 Å². The molecule has 24 heavy (non-hydrogen) atoms. The van der Waals surface area contributed by atoms with Gasteiger partial charge in [-0.2, -0.15) is 0 Å². The van der Waals surface area contributed by atoms with E-state index in [1.54, 1.807) is 0 Å². The van der Waals surface area contributed by atoms with Gasteiger partial charge in [0.2, 0.25) is 5.91 Å². The number of halogens is 1. The van der Waals surface area contributed by atoms with E-state index in [9.17, 15) is 4.79 Å². The second kappa shape index (κ2) is 7.79. The maximum absolute atomic E-state index is 13.0. The highest BCUT2D eigenvalue weighted by Gasteiger charge is 2.29. The van der Waals surface area contributed by atoms with Gasteiger partial charge in [-0.3, -0.25) is 9.69 Å². The summed E-state index contributed by atoms with van der Waals surface area (Å²) in [7, 11) is 0. The van der Waals surface area contributed by atoms with Crippen LogP contribution in [-0.2, 0) is 9.53 Å². The number of amides is 1. The van der Waals surface area contributed by atoms with Crippen LogP contribution in [0.1, 0.15) is 17.2 Å². The molecule has 1 heterocycles. The summed E-state index contributed by atoms with van der Waals surface area (Å²) in [4.78, 5) is 15.1. The molecule has 2 aromatic rings. The van der Waals surface area contributed by atoms with E-state index in [2.05, 4.69) is 10.2 Å². The first-order valence-corrected chi connectivity index (χ1v) is 8.46. The SMILES string of the molecule is Cc1ccc(NC(=O)[C@H](c2ccc(Cl)cc2)N2CCOCC2)cc1. The molecule has 0 unspecified atom stereocenters. The fraction of sp³-hybridized carbons (Fsp3) is 0.316. The number of hydrogen-bond donors (Lipinski definition) is 1. The van der Waals surface area contributed by atoms with Crippen molar-refractivity contribution < 1.29 is 9.53 Å². The van der Waals surface area contributed by atoms with Crippen LogP contribution in [0.2, 0.25) is 5.02 Å². The van der Waals surface area contributed by atoms with Crippen molar-refractivity contribution in [3.8, 4) is 0 Å². The van der Waals surface area contributed by atoms with Crippen molar-refractivity contribution >= 4 is 23.2 Å². The Morgan fingerprint density at radius 2 is 1.71 bits per heavy atom. The molecule has 126 valence electrons. The van der Waals surface area contributed by atoms with E-state index in [1.807, 2.05) is 55.5 Å². The molecule has 1 fully saturated rings. The van der Waals surface area contributed by atoms with Crippen LogP contribution < -0.4 is 5.32 Å². The summed E-state index contributed by atoms with van der Waals surface area (Å²) in [6.45, 7) is 4.77. The molecule has 0 spiro atoms. The molecule has 5 heteroatoms. The van der Waals surface area contributed by atoms with Gasteiger partial charge in [0.1, 0.15) is 6.04 Å². The Morgan fingerprint density at radius 3 is 2.33 bits per heavy atom. The predicted molar refractivity (Wildman–Crippen MR) is 96.4 cm³/mol. The molecule has 1 aliphatic rings. The minimum atomic E-state index is -0.354. The number of carbonyl (C=O) groups is 1. The fourth-order valence-corrected chi connectivity index (χ4v) is 2.98. The summed E-state index contributed by atoms with van der Waals surface area (Å²) in [5, 5.41) is 3.69. The first-order valence-electron chi connectivity index (χ1n) is 8.08. The Bertz CT molecular complexity index is 680. The molecule has 3 rings (SSSR count). The summed E-state index contributed by atoms with van der Waals surface area (Å²) >= 11 is 5.99. The second-order valence-corrected chi connectivity index (χ2v) is 6.39. The lowest BCUT2D eigenvalue weighted by atomic mass is 10.0. The molecule has 4 nitrogen and oxygen atoms in total. The van der Waals surface area contributed by atoms with Crippen molar-refractivity contribution in [1.82, 2.24) is 4.90 Å². The second-order valence-electron chi connectivity index (χ2n) is 5.96. The van der Waals surface area contributed by atoms with E-state index < -0.39 is 0 Å². The van der Waals surface area contributed by atoms with Gasteiger partial charge in [-0.15, -0.1) is 0 Å². The van der Waals surface area contributed by atoms with Crippen LogP contribution in [0.5, 0.6) is 0 Å². The van der Waals surface area contributed by atoms with Crippen molar-refractivity contribution in [2.75, 3.05) is 31.6 Å². The number of morpholine rings is 1. The molecule has 0 bridgehead atoms. The first kappa shape index (κ1) is 17.0. The summed E-state index contributed by atoms with van der Waals surface area (Å²) in [6.07, 6.45) is 0. The van der Waals surface area contributed by atoms with Gasteiger partial charge in [-0.25, -0.2) is 0 Å². The lowest BCUT2D eigenvalue weighted by Gasteiger charge is -2.33. The van der Waals surface area contributed by atoms with E-state index >= 15 is 0 Å². The molecule has 0 radical (unpaired) electrons. The molecule has 1 saturated heterocycles. The molecular weight excluding hydrogens is 324 g/mol. The standard InChI is InChI=1S/C19H21ClN2O2/c1-14-2-8-17(9-3-14)21-19(23)18(22-10-12-24-13-11-22)15-4-6-16(20)7-5-15/h2-9,18H,10-13H2,1H3,(H,21,23)/t18-/m0/s1. The van der Waals surface area contributed by atoms with E-state index in [0.29, 0.717) is 18.2 Å². The van der Waals surface area contributed by atoms with E-state index in [0.717, 1.165) is 29.9 Å². The third kappa shape index (κ3) is 4.15. The van der Waals surface area contributed by atoms with Crippen molar-refractivity contribution in [1.29, 1.82) is 0 Å². The predicted octanol–water partition coefficient (Wildman–Crippen LogP) is 3.66. The number of hydrogen-bond acceptors (Lipinski definition) is 3. The van der Waals surface area contributed by atoms with Crippen molar-refractivity contribution in [2.24, 2.45) is 0 Å². The molecule has 1 atom stereocenters. The zero-order valence-corrected chi connectivity index (χ0v) is 14.4. The number of nitrogens with zero attached hydrogens (tertiary/aromatic N) is 1. The normalized spacial score (nSPS) is 16.6. The van der Waals surface area contributed by atoms with E-state index in [1.165, 1.54) is 0 Å². The molecule has 0 saturated carbocycles. The average molecular weight is 345 g/mol. The summed E-state index contributed by atoms with van der Waals surface area (Å²) in [6, 6.07) is 14.9. The van der Waals surface area contributed by atoms with Gasteiger partial charge in [0.15, 0.2) is 0 Å². The molecule has 1 aliphatic heterocycles. The van der Waals surface area contributed by atoms with Gasteiger partial charge in [-0.05, 0) is 36.8 Å². The average Bonchev–Trinajstić information content (AvgIpc) is 2.60. The lowest BCUT2D eigenvalue weighted by molar-refractivity contribution is -0.123. The van der Waals surface area contributed by atoms with Crippen LogP contribution >= 0.6 is 11.6 Å². The Morgan fingerprint density at radius 1 is 1.08 bits per heavy atom. The molecule has 0 aliphatic carbocycles. The maximum atomic E-state index is 13.0. The van der Waals surface area contributed by atoms with Crippen LogP contribution in [0.15, 0.2) is 48.5 Å². The summed E-state index contributed by atoms with van der Waals surface area (Å²) < 4.78 is 5.42. The van der Waals surface area contributed by atoms with Gasteiger partial charge in [0.05, 0.1) is 13.2 Å². The highest BCUT2D eigenvalue weighted by atomic mass is 35.5. The van der Waals surface area contributed by atoms with Crippen molar-refractivity contribution in [3.05, 3.63) is 64.7 Å². The monoisotopic (exact) mass is 344 g/mol. The Kier molecular flexibility index (Phi) is 5.51. The first-order chi connectivity index (χ1) is 11.6. The molecule has 2 aromatic carbocycles. The summed E-state index contributed by atoms with van der Waals surface area (Å²) in [5.41, 5.74) is 2.90. The van der Waals surface area contributed by atoms with Gasteiger partial charge >= 0.3 is 0 Å². The van der Waals surface area contributed by atoms with E-state index in [4.69, 9.17) is 16.3 Å². The molecule has 0 aromatic heterocycles. The highest BCUT2D eigenvalue weighted by Crippen LogP contribution is 2.25. The Hall–Kier alpha value is -1.88. The van der Waals surface area contributed by atoms with E-state index in [-0.39, 0.29) is 11.9 Å². The molecular formula is C19H21ClN2O2. The fourth-order valence-electron chi connectivity index (χ4n) is 2.86. The number of anilines is 1. The van der Waals surface area contributed by atoms with Crippen LogP contribution in [0, 0.1) is 6.92 Å². The quantitative estimate of drug-likeness (QED) is 0.920. The van der Waals surface area contributed by atoms with Crippen molar-refractivity contribution in [3.63, 3.8) is 0 Å². The van der Waals surface area contributed by atoms with Gasteiger partial charge in [-0.1, -0.05) is 41.4 Å². The van der Waals surface area contributed by atoms with Crippen LogP contribution in [0.25, 0.3) is 0 Å². The topological polar surface area (TPSA) is 41.6 Å². The smallest absolute Gasteiger partial charge is 0.246 e. The number of benzene rings is 2. The van der Waals surface area contributed by atoms with Gasteiger partial charge in [0.25, 0.3) is 0 Å². The molecule has 1 amide bonds. The Labute approximate surface area is 147 Å². The number of rotatable bonds is 4. The minimum Gasteiger partial charge on any atom is -0.379 e. The number of aryl methyl sites for hydroxylation is 1. The largest absolute Gasteiger partial charge is 0.379 e. The third-order valence-corrected chi connectivity index (χ3v) is 4.42. The van der Waals surface area contributed by atoms with Crippen LogP contribution in [0.3, 0.4) is 0 Å². The number of nitrogens with one attached hydrogen (secondary N) is 1. The number of carbonyl (C=O) groups excluding carboxylic acids is 1. The minimum absolute atomic E-state index is 0.0388. The zero-order chi connectivity index (χ0) is 16.9. The number of ether oxygens (including phenoxy) is 1.